The van der Waals surface area contributed by atoms with Crippen LogP contribution < -0.4 is 0 Å². The molecule has 1 heterocycles. The zero-order valence-corrected chi connectivity index (χ0v) is 16.7. The molecule has 0 spiro atoms. The van der Waals surface area contributed by atoms with Gasteiger partial charge < -0.3 is 5.11 Å². The van der Waals surface area contributed by atoms with Crippen LogP contribution in [-0.4, -0.2) is 34.4 Å². The second kappa shape index (κ2) is 7.34. The van der Waals surface area contributed by atoms with Crippen LogP contribution in [0.3, 0.4) is 0 Å². The van der Waals surface area contributed by atoms with Crippen LogP contribution in [-0.2, 0) is 10.2 Å². The third-order valence-electron chi connectivity index (χ3n) is 6.19. The highest BCUT2D eigenvalue weighted by molar-refractivity contribution is 6.30. The molecule has 1 saturated heterocycles. The van der Waals surface area contributed by atoms with Crippen LogP contribution in [0.1, 0.15) is 38.2 Å². The minimum atomic E-state index is -0.686. The Bertz CT molecular complexity index is 920. The summed E-state index contributed by atoms with van der Waals surface area (Å²) >= 11 is 6.17. The molecule has 2 N–H and O–H groups in total. The lowest BCUT2D eigenvalue weighted by Gasteiger charge is -2.31. The second-order valence-corrected chi connectivity index (χ2v) is 8.32. The molecule has 5 heteroatoms. The topological polar surface area (TPSA) is 64.4 Å². The van der Waals surface area contributed by atoms with E-state index in [1.807, 2.05) is 49.4 Å². The Labute approximate surface area is 170 Å². The zero-order chi connectivity index (χ0) is 19.9. The number of likely N-dealkylation sites (tertiary alicyclic amines) is 1. The highest BCUT2D eigenvalue weighted by Gasteiger charge is 2.59. The van der Waals surface area contributed by atoms with Crippen LogP contribution in [0.25, 0.3) is 11.1 Å². The van der Waals surface area contributed by atoms with Crippen LogP contribution in [0.15, 0.2) is 48.5 Å². The largest absolute Gasteiger partial charge is 0.394 e. The molecule has 2 aromatic rings. The minimum Gasteiger partial charge on any atom is -0.394 e. The Morgan fingerprint density at radius 3 is 2.50 bits per heavy atom. The molecule has 0 radical (unpaired) electrons. The summed E-state index contributed by atoms with van der Waals surface area (Å²) in [5, 5.41) is 18.9. The van der Waals surface area contributed by atoms with Crippen LogP contribution in [0.2, 0.25) is 5.02 Å². The van der Waals surface area contributed by atoms with Crippen molar-refractivity contribution in [2.75, 3.05) is 6.61 Å². The number of halogens is 1. The lowest BCUT2D eigenvalue weighted by atomic mass is 9.73. The Balaban J connectivity index is 1.79. The molecule has 2 fully saturated rings. The van der Waals surface area contributed by atoms with Gasteiger partial charge in [-0.25, -0.2) is 0 Å². The normalized spacial score (nSPS) is 23.3. The number of benzene rings is 2. The number of carbonyl (C=O) groups is 1. The van der Waals surface area contributed by atoms with E-state index in [-0.39, 0.29) is 24.5 Å². The van der Waals surface area contributed by atoms with Gasteiger partial charge in [-0.05, 0) is 54.0 Å². The predicted molar refractivity (Wildman–Crippen MR) is 112 cm³/mol. The smallest absolute Gasteiger partial charge is 0.239 e. The van der Waals surface area contributed by atoms with Crippen molar-refractivity contribution in [1.29, 1.82) is 5.41 Å². The Kier molecular flexibility index (Phi) is 5.02. The zero-order valence-electron chi connectivity index (χ0n) is 16.0. The van der Waals surface area contributed by atoms with Gasteiger partial charge in [-0.1, -0.05) is 54.9 Å². The summed E-state index contributed by atoms with van der Waals surface area (Å²) < 4.78 is 0. The van der Waals surface area contributed by atoms with Crippen molar-refractivity contribution in [1.82, 2.24) is 4.90 Å². The van der Waals surface area contributed by atoms with Crippen molar-refractivity contribution in [2.24, 2.45) is 5.92 Å². The van der Waals surface area contributed by atoms with E-state index in [1.54, 1.807) is 4.90 Å². The van der Waals surface area contributed by atoms with E-state index >= 15 is 0 Å². The van der Waals surface area contributed by atoms with Gasteiger partial charge in [-0.2, -0.15) is 0 Å². The molecule has 1 aliphatic carbocycles. The molecule has 0 bridgehead atoms. The molecule has 0 aromatic heterocycles. The average Bonchev–Trinajstić information content (AvgIpc) is 3.51. The van der Waals surface area contributed by atoms with Crippen molar-refractivity contribution in [3.05, 3.63) is 59.1 Å². The van der Waals surface area contributed by atoms with Gasteiger partial charge in [0.25, 0.3) is 0 Å². The first-order valence-electron chi connectivity index (χ1n) is 9.89. The van der Waals surface area contributed by atoms with Crippen molar-refractivity contribution >= 4 is 23.3 Å². The SMILES string of the molecule is CCC(CO)N1C(=N)CC(c2cccc(-c3cccc(Cl)c3)c2)(C2CC2)C1=O. The molecular weight excluding hydrogens is 372 g/mol. The van der Waals surface area contributed by atoms with Gasteiger partial charge in [0.2, 0.25) is 5.91 Å². The maximum absolute atomic E-state index is 13.6. The average molecular weight is 397 g/mol. The number of aliphatic hydroxyl groups is 1. The maximum Gasteiger partial charge on any atom is 0.239 e. The first kappa shape index (κ1) is 19.2. The molecule has 2 aromatic carbocycles. The monoisotopic (exact) mass is 396 g/mol. The number of hydrogen-bond acceptors (Lipinski definition) is 3. The fourth-order valence-electron chi connectivity index (χ4n) is 4.54. The number of aliphatic hydroxyl groups excluding tert-OH is 1. The summed E-state index contributed by atoms with van der Waals surface area (Å²) in [6.45, 7) is 1.83. The van der Waals surface area contributed by atoms with Gasteiger partial charge in [-0.15, -0.1) is 0 Å². The van der Waals surface area contributed by atoms with Gasteiger partial charge in [0.15, 0.2) is 0 Å². The molecular formula is C23H25ClN2O2. The molecule has 4 nitrogen and oxygen atoms in total. The summed E-state index contributed by atoms with van der Waals surface area (Å²) in [6, 6.07) is 15.5. The number of nitrogens with one attached hydrogen (secondary N) is 1. The van der Waals surface area contributed by atoms with E-state index in [9.17, 15) is 9.90 Å². The molecule has 2 atom stereocenters. The van der Waals surface area contributed by atoms with Crippen molar-refractivity contribution in [2.45, 2.75) is 44.1 Å². The Morgan fingerprint density at radius 1 is 1.21 bits per heavy atom. The summed E-state index contributed by atoms with van der Waals surface area (Å²) in [5.74, 6) is 0.561. The first-order chi connectivity index (χ1) is 13.5. The molecule has 2 aliphatic rings. The van der Waals surface area contributed by atoms with Crippen molar-refractivity contribution in [3.8, 4) is 11.1 Å². The third-order valence-corrected chi connectivity index (χ3v) is 6.43. The van der Waals surface area contributed by atoms with E-state index in [2.05, 4.69) is 6.07 Å². The summed E-state index contributed by atoms with van der Waals surface area (Å²) in [6.07, 6.45) is 3.05. The van der Waals surface area contributed by atoms with Crippen molar-refractivity contribution < 1.29 is 9.90 Å². The van der Waals surface area contributed by atoms with Gasteiger partial charge in [0.1, 0.15) is 5.84 Å². The highest BCUT2D eigenvalue weighted by atomic mass is 35.5. The maximum atomic E-state index is 13.6. The highest BCUT2D eigenvalue weighted by Crippen LogP contribution is 2.54. The van der Waals surface area contributed by atoms with E-state index in [4.69, 9.17) is 17.0 Å². The number of hydrogen-bond donors (Lipinski definition) is 2. The van der Waals surface area contributed by atoms with Crippen LogP contribution >= 0.6 is 11.6 Å². The molecule has 28 heavy (non-hydrogen) atoms. The standard InChI is InChI=1S/C23H25ClN2O2/c1-2-20(14-27)26-21(25)13-23(22(26)28,17-9-10-17)18-7-3-5-15(11-18)16-6-4-8-19(24)12-16/h3-8,11-12,17,20,25,27H,2,9-10,13-14H2,1H3. The van der Waals surface area contributed by atoms with Gasteiger partial charge in [-0.3, -0.25) is 15.1 Å². The number of amidine groups is 1. The second-order valence-electron chi connectivity index (χ2n) is 7.88. The minimum absolute atomic E-state index is 0.0239. The fourth-order valence-corrected chi connectivity index (χ4v) is 4.73. The number of nitrogens with zero attached hydrogens (tertiary/aromatic N) is 1. The fraction of sp³-hybridized carbons (Fsp3) is 0.391. The van der Waals surface area contributed by atoms with Gasteiger partial charge in [0, 0.05) is 11.4 Å². The third kappa shape index (κ3) is 3.05. The number of rotatable bonds is 6. The van der Waals surface area contributed by atoms with Gasteiger partial charge in [0.05, 0.1) is 18.1 Å². The molecule has 2 unspecified atom stereocenters. The van der Waals surface area contributed by atoms with Crippen LogP contribution in [0.4, 0.5) is 0 Å². The Hall–Kier alpha value is -2.17. The molecule has 146 valence electrons. The van der Waals surface area contributed by atoms with Crippen LogP contribution in [0, 0.1) is 11.3 Å². The number of amides is 1. The first-order valence-corrected chi connectivity index (χ1v) is 10.3. The Morgan fingerprint density at radius 2 is 1.89 bits per heavy atom. The summed E-state index contributed by atoms with van der Waals surface area (Å²) in [7, 11) is 0. The molecule has 1 saturated carbocycles. The van der Waals surface area contributed by atoms with E-state index in [1.165, 1.54) is 0 Å². The molecule has 1 amide bonds. The lowest BCUT2D eigenvalue weighted by Crippen LogP contribution is -2.46. The molecule has 4 rings (SSSR count). The summed E-state index contributed by atoms with van der Waals surface area (Å²) in [4.78, 5) is 15.2. The van der Waals surface area contributed by atoms with Crippen LogP contribution in [0.5, 0.6) is 0 Å². The lowest BCUT2D eigenvalue weighted by molar-refractivity contribution is -0.133. The van der Waals surface area contributed by atoms with E-state index < -0.39 is 5.41 Å². The number of carbonyl (C=O) groups excluding carboxylic acids is 1. The predicted octanol–water partition coefficient (Wildman–Crippen LogP) is 4.64. The molecule has 1 aliphatic heterocycles. The van der Waals surface area contributed by atoms with E-state index in [0.717, 1.165) is 29.5 Å². The quantitative estimate of drug-likeness (QED) is 0.747. The summed E-state index contributed by atoms with van der Waals surface area (Å²) in [5.41, 5.74) is 2.32. The van der Waals surface area contributed by atoms with Gasteiger partial charge >= 0.3 is 0 Å². The van der Waals surface area contributed by atoms with Crippen molar-refractivity contribution in [3.63, 3.8) is 0 Å². The van der Waals surface area contributed by atoms with E-state index in [0.29, 0.717) is 23.7 Å².